The van der Waals surface area contributed by atoms with E-state index in [2.05, 4.69) is 0 Å². The fourth-order valence-corrected chi connectivity index (χ4v) is 2.73. The maximum Gasteiger partial charge on any atom is 0.460 e. The summed E-state index contributed by atoms with van der Waals surface area (Å²) >= 11 is 0. The molecular formula is C11H12F13NO3S. The second kappa shape index (κ2) is 8.24. The van der Waals surface area contributed by atoms with Gasteiger partial charge in [-0.2, -0.15) is 57.1 Å². The molecule has 0 unspecified atom stereocenters. The van der Waals surface area contributed by atoms with Crippen molar-refractivity contribution < 1.29 is 70.6 Å². The molecule has 0 bridgehead atoms. The molecular weight excluding hydrogens is 473 g/mol. The van der Waals surface area contributed by atoms with Crippen LogP contribution in [0.3, 0.4) is 0 Å². The summed E-state index contributed by atoms with van der Waals surface area (Å²) in [6.07, 6.45) is -10.6. The Morgan fingerprint density at radius 2 is 1.10 bits per heavy atom. The third-order valence-electron chi connectivity index (χ3n) is 3.34. The minimum atomic E-state index is -8.02. The Morgan fingerprint density at radius 1 is 0.690 bits per heavy atom. The van der Waals surface area contributed by atoms with Crippen molar-refractivity contribution in [2.75, 3.05) is 18.9 Å². The van der Waals surface area contributed by atoms with Crippen molar-refractivity contribution in [1.29, 1.82) is 0 Å². The molecule has 0 aliphatic rings. The van der Waals surface area contributed by atoms with Gasteiger partial charge in [0.25, 0.3) is 0 Å². The molecule has 18 heteroatoms. The quantitative estimate of drug-likeness (QED) is 0.348. The Kier molecular flexibility index (Phi) is 7.94. The molecule has 0 heterocycles. The minimum Gasteiger partial charge on any atom is -0.396 e. The highest BCUT2D eigenvalue weighted by Gasteiger charge is 2.90. The Balaban J connectivity index is 5.82. The average Bonchev–Trinajstić information content (AvgIpc) is 2.51. The van der Waals surface area contributed by atoms with Crippen LogP contribution in [0.25, 0.3) is 0 Å². The number of aliphatic hydroxyl groups excluding tert-OH is 1. The second-order valence-electron chi connectivity index (χ2n) is 5.54. The predicted molar refractivity (Wildman–Crippen MR) is 68.9 cm³/mol. The largest absolute Gasteiger partial charge is 0.460 e. The van der Waals surface area contributed by atoms with Crippen LogP contribution >= 0.6 is 0 Å². The summed E-state index contributed by atoms with van der Waals surface area (Å²) in [7, 11) is -4.91. The molecule has 29 heavy (non-hydrogen) atoms. The number of hydrogen-bond donors (Lipinski definition) is 2. The van der Waals surface area contributed by atoms with Gasteiger partial charge in [0.2, 0.25) is 10.0 Å². The number of sulfonamides is 1. The van der Waals surface area contributed by atoms with Gasteiger partial charge in [0, 0.05) is 19.6 Å². The number of rotatable bonds is 11. The number of nitrogens with one attached hydrogen (secondary N) is 1. The maximum absolute atomic E-state index is 13.4. The van der Waals surface area contributed by atoms with Crippen LogP contribution in [0.1, 0.15) is 12.8 Å². The molecule has 0 aromatic rings. The highest BCUT2D eigenvalue weighted by Crippen LogP contribution is 2.60. The van der Waals surface area contributed by atoms with Gasteiger partial charge in [-0.05, 0) is 6.42 Å². The van der Waals surface area contributed by atoms with E-state index in [4.69, 9.17) is 5.11 Å². The van der Waals surface area contributed by atoms with E-state index in [1.165, 1.54) is 4.72 Å². The van der Waals surface area contributed by atoms with Crippen LogP contribution in [0, 0.1) is 0 Å². The van der Waals surface area contributed by atoms with E-state index < -0.39 is 71.1 Å². The first-order valence-electron chi connectivity index (χ1n) is 7.06. The molecule has 0 aliphatic heterocycles. The van der Waals surface area contributed by atoms with Crippen molar-refractivity contribution in [2.24, 2.45) is 0 Å². The molecule has 0 amide bonds. The summed E-state index contributed by atoms with van der Waals surface area (Å²) in [5.41, 5.74) is 0. The van der Waals surface area contributed by atoms with E-state index in [0.717, 1.165) is 0 Å². The molecule has 0 saturated carbocycles. The van der Waals surface area contributed by atoms with E-state index in [1.54, 1.807) is 0 Å². The number of halogens is 13. The minimum absolute atomic E-state index is 0.303. The van der Waals surface area contributed by atoms with Gasteiger partial charge in [-0.1, -0.05) is 0 Å². The van der Waals surface area contributed by atoms with Crippen molar-refractivity contribution in [1.82, 2.24) is 4.72 Å². The van der Waals surface area contributed by atoms with E-state index in [0.29, 0.717) is 0 Å². The van der Waals surface area contributed by atoms with Crippen LogP contribution in [0.2, 0.25) is 0 Å². The Morgan fingerprint density at radius 3 is 1.48 bits per heavy atom. The Labute approximate surface area is 154 Å². The molecule has 0 rings (SSSR count). The van der Waals surface area contributed by atoms with Gasteiger partial charge in [-0.15, -0.1) is 0 Å². The van der Waals surface area contributed by atoms with Gasteiger partial charge in [0.15, 0.2) is 0 Å². The summed E-state index contributed by atoms with van der Waals surface area (Å²) in [4.78, 5) is 0. The molecule has 0 atom stereocenters. The van der Waals surface area contributed by atoms with Crippen LogP contribution in [-0.2, 0) is 10.0 Å². The fourth-order valence-electron chi connectivity index (χ4n) is 1.60. The zero-order chi connectivity index (χ0) is 23.7. The zero-order valence-corrected chi connectivity index (χ0v) is 14.4. The van der Waals surface area contributed by atoms with Crippen molar-refractivity contribution in [3.05, 3.63) is 0 Å². The third-order valence-corrected chi connectivity index (χ3v) is 4.73. The Hall–Kier alpha value is -1.04. The van der Waals surface area contributed by atoms with Crippen LogP contribution in [0.15, 0.2) is 0 Å². The van der Waals surface area contributed by atoms with Gasteiger partial charge in [-0.25, -0.2) is 13.1 Å². The lowest BCUT2D eigenvalue weighted by molar-refractivity contribution is -0.439. The smallest absolute Gasteiger partial charge is 0.396 e. The number of aliphatic hydroxyl groups is 1. The summed E-state index contributed by atoms with van der Waals surface area (Å²) < 4.78 is 191. The normalized spacial score (nSPS) is 15.7. The predicted octanol–water partition coefficient (Wildman–Crippen LogP) is 3.42. The van der Waals surface area contributed by atoms with E-state index in [1.807, 2.05) is 0 Å². The first-order chi connectivity index (χ1) is 12.5. The summed E-state index contributed by atoms with van der Waals surface area (Å²) in [5.74, 6) is -39.9. The van der Waals surface area contributed by atoms with Gasteiger partial charge in [0.05, 0.1) is 5.75 Å². The maximum atomic E-state index is 13.4. The molecule has 0 fully saturated rings. The summed E-state index contributed by atoms with van der Waals surface area (Å²) in [5, 5.41) is 8.37. The lowest BCUT2D eigenvalue weighted by Crippen LogP contribution is -2.70. The number of alkyl halides is 13. The van der Waals surface area contributed by atoms with Crippen LogP contribution in [-0.4, -0.2) is 68.2 Å². The lowest BCUT2D eigenvalue weighted by Gasteiger charge is -2.39. The molecule has 2 N–H and O–H groups in total. The number of hydrogen-bond acceptors (Lipinski definition) is 3. The fraction of sp³-hybridized carbons (Fsp3) is 1.00. The average molecular weight is 485 g/mol. The van der Waals surface area contributed by atoms with Crippen LogP contribution in [0.5, 0.6) is 0 Å². The van der Waals surface area contributed by atoms with Crippen molar-refractivity contribution in [2.45, 2.75) is 48.6 Å². The van der Waals surface area contributed by atoms with Crippen LogP contribution in [0.4, 0.5) is 57.1 Å². The van der Waals surface area contributed by atoms with Crippen LogP contribution < -0.4 is 4.72 Å². The first kappa shape index (κ1) is 28.0. The third kappa shape index (κ3) is 5.18. The van der Waals surface area contributed by atoms with Gasteiger partial charge >= 0.3 is 35.8 Å². The highest BCUT2D eigenvalue weighted by atomic mass is 32.2. The molecule has 0 radical (unpaired) electrons. The van der Waals surface area contributed by atoms with Crippen molar-refractivity contribution in [3.8, 4) is 0 Å². The van der Waals surface area contributed by atoms with Gasteiger partial charge in [0.1, 0.15) is 0 Å². The lowest BCUT2D eigenvalue weighted by atomic mass is 9.93. The second-order valence-corrected chi connectivity index (χ2v) is 7.47. The van der Waals surface area contributed by atoms with Crippen molar-refractivity contribution >= 4 is 10.0 Å². The van der Waals surface area contributed by atoms with E-state index >= 15 is 0 Å². The van der Waals surface area contributed by atoms with Crippen molar-refractivity contribution in [3.63, 3.8) is 0 Å². The molecule has 176 valence electrons. The highest BCUT2D eigenvalue weighted by molar-refractivity contribution is 7.89. The van der Waals surface area contributed by atoms with Gasteiger partial charge < -0.3 is 5.11 Å². The molecule has 0 saturated heterocycles. The summed E-state index contributed by atoms with van der Waals surface area (Å²) in [6.45, 7) is -1.25. The van der Waals surface area contributed by atoms with E-state index in [9.17, 15) is 65.5 Å². The molecule has 4 nitrogen and oxygen atoms in total. The zero-order valence-electron chi connectivity index (χ0n) is 13.6. The molecule has 0 aromatic carbocycles. The topological polar surface area (TPSA) is 66.4 Å². The van der Waals surface area contributed by atoms with E-state index in [-0.39, 0.29) is 6.42 Å². The Bertz CT molecular complexity index is 659. The molecule has 0 aliphatic carbocycles. The van der Waals surface area contributed by atoms with Gasteiger partial charge in [-0.3, -0.25) is 0 Å². The summed E-state index contributed by atoms with van der Waals surface area (Å²) in [6, 6.07) is 0. The monoisotopic (exact) mass is 485 g/mol. The SMILES string of the molecule is O=S(=O)(CCC(F)(F)C(F)(F)C(F)(F)C(F)(F)C(F)(F)C(F)(F)F)NCCCO. The molecule has 0 aromatic heterocycles. The first-order valence-corrected chi connectivity index (χ1v) is 8.71. The standard InChI is InChI=1S/C11H12F13NO3S/c12-6(13,2-5-29(27,28)25-3-1-4-26)7(14,15)8(16,17)9(18,19)10(20,21)11(22,23)24/h25-26H,1-5H2. The molecule has 0 spiro atoms.